The first-order chi connectivity index (χ1) is 10.2. The Labute approximate surface area is 124 Å². The highest BCUT2D eigenvalue weighted by molar-refractivity contribution is 5.78. The molecule has 0 saturated carbocycles. The predicted octanol–water partition coefficient (Wildman–Crippen LogP) is 2.14. The van der Waals surface area contributed by atoms with Crippen LogP contribution in [0.1, 0.15) is 19.0 Å². The second-order valence-electron chi connectivity index (χ2n) is 5.02. The van der Waals surface area contributed by atoms with Crippen LogP contribution in [0.2, 0.25) is 0 Å². The van der Waals surface area contributed by atoms with Gasteiger partial charge >= 0.3 is 0 Å². The van der Waals surface area contributed by atoms with Crippen LogP contribution >= 0.6 is 0 Å². The monoisotopic (exact) mass is 287 g/mol. The van der Waals surface area contributed by atoms with Crippen molar-refractivity contribution in [3.05, 3.63) is 48.3 Å². The van der Waals surface area contributed by atoms with Crippen molar-refractivity contribution in [2.45, 2.75) is 19.9 Å². The van der Waals surface area contributed by atoms with Gasteiger partial charge in [0.25, 0.3) is 0 Å². The Balaban J connectivity index is 1.69. The van der Waals surface area contributed by atoms with Crippen LogP contribution in [0.15, 0.2) is 42.6 Å². The number of ether oxygens (including phenoxy) is 1. The predicted molar refractivity (Wildman–Crippen MR) is 80.8 cm³/mol. The van der Waals surface area contributed by atoms with Gasteiger partial charge in [-0.25, -0.2) is 0 Å². The first-order valence-electron chi connectivity index (χ1n) is 7.09. The Bertz CT molecular complexity index is 566. The molecule has 0 radical (unpaired) electrons. The van der Waals surface area contributed by atoms with Crippen LogP contribution in [-0.4, -0.2) is 22.3 Å². The second kappa shape index (κ2) is 7.47. The number of para-hydroxylation sites is 1. The summed E-state index contributed by atoms with van der Waals surface area (Å²) in [6, 6.07) is 11.5. The number of nitrogens with one attached hydrogen (secondary N) is 1. The molecule has 0 fully saturated rings. The van der Waals surface area contributed by atoms with E-state index in [1.54, 1.807) is 10.9 Å². The zero-order valence-electron chi connectivity index (χ0n) is 12.5. The third-order valence-electron chi connectivity index (χ3n) is 3.38. The van der Waals surface area contributed by atoms with Crippen molar-refractivity contribution in [1.29, 1.82) is 0 Å². The molecule has 1 atom stereocenters. The van der Waals surface area contributed by atoms with Crippen LogP contribution in [0, 0.1) is 5.92 Å². The van der Waals surface area contributed by atoms with Gasteiger partial charge in [-0.05, 0) is 24.6 Å². The van der Waals surface area contributed by atoms with Crippen molar-refractivity contribution >= 4 is 5.91 Å². The van der Waals surface area contributed by atoms with E-state index < -0.39 is 0 Å². The van der Waals surface area contributed by atoms with Gasteiger partial charge in [0.05, 0.1) is 18.8 Å². The van der Waals surface area contributed by atoms with Crippen molar-refractivity contribution in [1.82, 2.24) is 15.1 Å². The maximum Gasteiger partial charge on any atom is 0.223 e. The highest BCUT2D eigenvalue weighted by atomic mass is 16.5. The summed E-state index contributed by atoms with van der Waals surface area (Å²) in [5.41, 5.74) is 0.982. The first-order valence-corrected chi connectivity index (χ1v) is 7.09. The zero-order chi connectivity index (χ0) is 15.1. The summed E-state index contributed by atoms with van der Waals surface area (Å²) in [6.45, 7) is 2.94. The molecule has 1 heterocycles. The van der Waals surface area contributed by atoms with Gasteiger partial charge in [0.2, 0.25) is 5.91 Å². The molecule has 0 aliphatic heterocycles. The van der Waals surface area contributed by atoms with E-state index in [1.165, 1.54) is 0 Å². The van der Waals surface area contributed by atoms with Crippen LogP contribution in [0.3, 0.4) is 0 Å². The number of nitrogens with zero attached hydrogens (tertiary/aromatic N) is 2. The summed E-state index contributed by atoms with van der Waals surface area (Å²) < 4.78 is 7.36. The molecule has 0 saturated heterocycles. The smallest absolute Gasteiger partial charge is 0.223 e. The quantitative estimate of drug-likeness (QED) is 0.849. The van der Waals surface area contributed by atoms with Crippen LogP contribution in [-0.2, 0) is 18.4 Å². The van der Waals surface area contributed by atoms with E-state index in [0.29, 0.717) is 19.6 Å². The maximum atomic E-state index is 12.0. The number of hydrogen-bond acceptors (Lipinski definition) is 3. The van der Waals surface area contributed by atoms with Crippen molar-refractivity contribution < 1.29 is 9.53 Å². The standard InChI is InChI=1S/C16H21N3O2/c1-13(9-11-21-15-6-4-3-5-7-15)16(20)17-12-14-8-10-18-19(14)2/h3-8,10,13H,9,11-12H2,1-2H3,(H,17,20). The van der Waals surface area contributed by atoms with Gasteiger partial charge in [-0.1, -0.05) is 25.1 Å². The molecule has 0 spiro atoms. The molecule has 1 unspecified atom stereocenters. The van der Waals surface area contributed by atoms with Crippen LogP contribution in [0.25, 0.3) is 0 Å². The van der Waals surface area contributed by atoms with E-state index in [-0.39, 0.29) is 11.8 Å². The summed E-state index contributed by atoms with van der Waals surface area (Å²) in [6.07, 6.45) is 2.41. The number of rotatable bonds is 7. The Morgan fingerprint density at radius 3 is 2.76 bits per heavy atom. The van der Waals surface area contributed by atoms with Crippen LogP contribution < -0.4 is 10.1 Å². The molecular formula is C16H21N3O2. The fourth-order valence-corrected chi connectivity index (χ4v) is 1.93. The number of aromatic nitrogens is 2. The highest BCUT2D eigenvalue weighted by Gasteiger charge is 2.13. The number of hydrogen-bond donors (Lipinski definition) is 1. The van der Waals surface area contributed by atoms with Crippen LogP contribution in [0.5, 0.6) is 5.75 Å². The summed E-state index contributed by atoms with van der Waals surface area (Å²) in [5.74, 6) is 0.787. The minimum atomic E-state index is -0.0815. The molecule has 1 aromatic carbocycles. The fourth-order valence-electron chi connectivity index (χ4n) is 1.93. The Hall–Kier alpha value is -2.30. The van der Waals surface area contributed by atoms with Gasteiger partial charge in [0, 0.05) is 19.2 Å². The SMILES string of the molecule is CC(CCOc1ccccc1)C(=O)NCc1ccnn1C. The number of aryl methyl sites for hydroxylation is 1. The van der Waals surface area contributed by atoms with Crippen molar-refractivity contribution in [3.63, 3.8) is 0 Å². The molecule has 0 aliphatic carbocycles. The third kappa shape index (κ3) is 4.63. The number of carbonyl (C=O) groups is 1. The van der Waals surface area contributed by atoms with Gasteiger partial charge in [-0.15, -0.1) is 0 Å². The highest BCUT2D eigenvalue weighted by Crippen LogP contribution is 2.10. The first kappa shape index (κ1) is 15.1. The summed E-state index contributed by atoms with van der Waals surface area (Å²) >= 11 is 0. The fraction of sp³-hybridized carbons (Fsp3) is 0.375. The van der Waals surface area contributed by atoms with E-state index in [9.17, 15) is 4.79 Å². The van der Waals surface area contributed by atoms with E-state index in [2.05, 4.69) is 10.4 Å². The zero-order valence-corrected chi connectivity index (χ0v) is 12.5. The summed E-state index contributed by atoms with van der Waals surface area (Å²) in [5, 5.41) is 6.99. The molecule has 0 aliphatic rings. The molecule has 1 aromatic heterocycles. The lowest BCUT2D eigenvalue weighted by Crippen LogP contribution is -2.30. The normalized spacial score (nSPS) is 11.9. The number of benzene rings is 1. The van der Waals surface area contributed by atoms with E-state index >= 15 is 0 Å². The molecular weight excluding hydrogens is 266 g/mol. The van der Waals surface area contributed by atoms with Gasteiger partial charge in [0.1, 0.15) is 5.75 Å². The van der Waals surface area contributed by atoms with Gasteiger partial charge in [0.15, 0.2) is 0 Å². The average molecular weight is 287 g/mol. The Kier molecular flexibility index (Phi) is 5.37. The van der Waals surface area contributed by atoms with Crippen molar-refractivity contribution in [3.8, 4) is 5.75 Å². The van der Waals surface area contributed by atoms with Gasteiger partial charge in [-0.2, -0.15) is 5.10 Å². The minimum Gasteiger partial charge on any atom is -0.494 e. The van der Waals surface area contributed by atoms with E-state index in [1.807, 2.05) is 50.4 Å². The molecule has 2 rings (SSSR count). The largest absolute Gasteiger partial charge is 0.494 e. The van der Waals surface area contributed by atoms with Crippen LogP contribution in [0.4, 0.5) is 0 Å². The maximum absolute atomic E-state index is 12.0. The van der Waals surface area contributed by atoms with Gasteiger partial charge in [-0.3, -0.25) is 9.48 Å². The Morgan fingerprint density at radius 1 is 1.33 bits per heavy atom. The van der Waals surface area contributed by atoms with E-state index in [4.69, 9.17) is 4.74 Å². The molecule has 5 nitrogen and oxygen atoms in total. The lowest BCUT2D eigenvalue weighted by atomic mass is 10.1. The second-order valence-corrected chi connectivity index (χ2v) is 5.02. The van der Waals surface area contributed by atoms with E-state index in [0.717, 1.165) is 11.4 Å². The summed E-state index contributed by atoms with van der Waals surface area (Å²) in [4.78, 5) is 12.0. The molecule has 0 bridgehead atoms. The number of amides is 1. The molecule has 1 N–H and O–H groups in total. The Morgan fingerprint density at radius 2 is 2.10 bits per heavy atom. The molecule has 112 valence electrons. The lowest BCUT2D eigenvalue weighted by molar-refractivity contribution is -0.125. The minimum absolute atomic E-state index is 0.0351. The molecule has 2 aromatic rings. The third-order valence-corrected chi connectivity index (χ3v) is 3.38. The summed E-state index contributed by atoms with van der Waals surface area (Å²) in [7, 11) is 1.86. The molecule has 5 heteroatoms. The number of carbonyl (C=O) groups excluding carboxylic acids is 1. The lowest BCUT2D eigenvalue weighted by Gasteiger charge is -2.13. The van der Waals surface area contributed by atoms with Crippen molar-refractivity contribution in [2.75, 3.05) is 6.61 Å². The topological polar surface area (TPSA) is 56.1 Å². The van der Waals surface area contributed by atoms with Crippen molar-refractivity contribution in [2.24, 2.45) is 13.0 Å². The van der Waals surface area contributed by atoms with Gasteiger partial charge < -0.3 is 10.1 Å². The average Bonchev–Trinajstić information content (AvgIpc) is 2.91. The molecule has 1 amide bonds. The molecule has 21 heavy (non-hydrogen) atoms.